The van der Waals surface area contributed by atoms with E-state index < -0.39 is 27.7 Å². The summed E-state index contributed by atoms with van der Waals surface area (Å²) in [6, 6.07) is 8.94. The first-order chi connectivity index (χ1) is 14.8. The molecule has 31 heavy (non-hydrogen) atoms. The second-order valence-electron chi connectivity index (χ2n) is 8.37. The topological polar surface area (TPSA) is 107 Å². The van der Waals surface area contributed by atoms with Crippen LogP contribution >= 0.6 is 0 Å². The molecule has 3 aliphatic rings. The molecule has 3 fully saturated rings. The number of benzene rings is 1. The van der Waals surface area contributed by atoms with Crippen LogP contribution in [-0.4, -0.2) is 97.7 Å². The summed E-state index contributed by atoms with van der Waals surface area (Å²) in [5, 5.41) is 2.71. The average Bonchev–Trinajstić information content (AvgIpc) is 3.59. The van der Waals surface area contributed by atoms with Gasteiger partial charge < -0.3 is 15.1 Å². The van der Waals surface area contributed by atoms with Crippen LogP contribution in [-0.2, 0) is 24.2 Å². The van der Waals surface area contributed by atoms with Crippen LogP contribution < -0.4 is 5.32 Å². The number of hydrogen-bond donors (Lipinski definition) is 1. The fourth-order valence-corrected chi connectivity index (χ4v) is 5.28. The van der Waals surface area contributed by atoms with Gasteiger partial charge in [0, 0.05) is 45.3 Å². The Hall–Kier alpha value is -2.46. The van der Waals surface area contributed by atoms with Gasteiger partial charge in [-0.15, -0.1) is 0 Å². The average molecular weight is 449 g/mol. The molecule has 10 heteroatoms. The van der Waals surface area contributed by atoms with E-state index in [4.69, 9.17) is 0 Å². The van der Waals surface area contributed by atoms with Gasteiger partial charge in [-0.2, -0.15) is 0 Å². The minimum atomic E-state index is -3.06. The quantitative estimate of drug-likeness (QED) is 0.617. The Morgan fingerprint density at radius 2 is 1.45 bits per heavy atom. The zero-order valence-corrected chi connectivity index (χ0v) is 18.2. The van der Waals surface area contributed by atoms with Gasteiger partial charge in [-0.1, -0.05) is 30.3 Å². The molecule has 1 atom stereocenters. The summed E-state index contributed by atoms with van der Waals surface area (Å²) in [7, 11) is -3.06. The zero-order chi connectivity index (χ0) is 22.0. The number of sulfone groups is 1. The Morgan fingerprint density at radius 3 is 2.03 bits per heavy atom. The molecule has 1 aromatic rings. The highest BCUT2D eigenvalue weighted by atomic mass is 32.2. The number of carbonyl (C=O) groups excluding carboxylic acids is 3. The molecule has 2 heterocycles. The number of hydrogen-bond acceptors (Lipinski definition) is 6. The van der Waals surface area contributed by atoms with Gasteiger partial charge >= 0.3 is 11.8 Å². The maximum atomic E-state index is 13.5. The van der Waals surface area contributed by atoms with Crippen LogP contribution in [0.2, 0.25) is 0 Å². The van der Waals surface area contributed by atoms with E-state index in [1.807, 2.05) is 35.2 Å². The van der Waals surface area contributed by atoms with Crippen LogP contribution in [0.1, 0.15) is 24.4 Å². The molecule has 0 bridgehead atoms. The van der Waals surface area contributed by atoms with E-state index >= 15 is 0 Å². The summed E-state index contributed by atoms with van der Waals surface area (Å²) in [4.78, 5) is 43.0. The van der Waals surface area contributed by atoms with E-state index in [2.05, 4.69) is 5.32 Å². The third-order valence-corrected chi connectivity index (χ3v) is 7.69. The van der Waals surface area contributed by atoms with E-state index in [-0.39, 0.29) is 23.5 Å². The first-order valence-corrected chi connectivity index (χ1v) is 12.5. The third kappa shape index (κ3) is 5.24. The van der Waals surface area contributed by atoms with Gasteiger partial charge in [0.25, 0.3) is 0 Å². The Labute approximate surface area is 182 Å². The predicted molar refractivity (Wildman–Crippen MR) is 114 cm³/mol. The molecule has 0 spiro atoms. The lowest BCUT2D eigenvalue weighted by molar-refractivity contribution is -0.149. The second kappa shape index (κ2) is 8.96. The van der Waals surface area contributed by atoms with Crippen molar-refractivity contribution in [3.8, 4) is 0 Å². The number of nitrogens with zero attached hydrogens (tertiary/aromatic N) is 3. The number of nitrogens with one attached hydrogen (secondary N) is 1. The summed E-state index contributed by atoms with van der Waals surface area (Å²) >= 11 is 0. The van der Waals surface area contributed by atoms with Crippen molar-refractivity contribution >= 4 is 27.6 Å². The molecule has 1 aliphatic carbocycles. The fourth-order valence-electron chi connectivity index (χ4n) is 4.05. The lowest BCUT2D eigenvalue weighted by Gasteiger charge is -2.40. The Morgan fingerprint density at radius 1 is 0.871 bits per heavy atom. The summed E-state index contributed by atoms with van der Waals surface area (Å²) in [5.41, 5.74) is 0.828. The van der Waals surface area contributed by atoms with Gasteiger partial charge in [0.2, 0.25) is 5.91 Å². The smallest absolute Gasteiger partial charge is 0.312 e. The molecule has 2 saturated heterocycles. The van der Waals surface area contributed by atoms with Crippen molar-refractivity contribution in [2.75, 3.05) is 50.8 Å². The molecule has 1 aromatic carbocycles. The van der Waals surface area contributed by atoms with Crippen LogP contribution in [0.25, 0.3) is 0 Å². The first-order valence-electron chi connectivity index (χ1n) is 10.7. The van der Waals surface area contributed by atoms with E-state index in [9.17, 15) is 22.8 Å². The largest absolute Gasteiger partial charge is 0.345 e. The molecule has 1 N–H and O–H groups in total. The van der Waals surface area contributed by atoms with E-state index in [1.165, 1.54) is 4.90 Å². The Balaban J connectivity index is 1.41. The predicted octanol–water partition coefficient (Wildman–Crippen LogP) is -0.592. The number of carbonyl (C=O) groups is 3. The van der Waals surface area contributed by atoms with Crippen molar-refractivity contribution in [2.24, 2.45) is 0 Å². The van der Waals surface area contributed by atoms with Crippen LogP contribution in [0.3, 0.4) is 0 Å². The van der Waals surface area contributed by atoms with Crippen molar-refractivity contribution in [2.45, 2.75) is 24.9 Å². The molecule has 4 rings (SSSR count). The van der Waals surface area contributed by atoms with Crippen LogP contribution in [0.4, 0.5) is 0 Å². The van der Waals surface area contributed by atoms with E-state index in [0.29, 0.717) is 39.3 Å². The maximum absolute atomic E-state index is 13.5. The lowest BCUT2D eigenvalue weighted by Crippen LogP contribution is -2.56. The molecule has 1 saturated carbocycles. The SMILES string of the molecule is O=C(NC1CC1)C(=O)N1CCN(C(=O)C(c2ccccc2)N2CCS(=O)(=O)CC2)CC1. The standard InChI is InChI=1S/C21H28N4O5S/c26-19(22-17-6-7-17)21(28)25-10-8-24(9-11-25)20(27)18(16-4-2-1-3-5-16)23-12-14-31(29,30)15-13-23/h1-5,17-18H,6-15H2,(H,22,26). The number of piperazine rings is 1. The Bertz CT molecular complexity index is 926. The normalized spacial score (nSPS) is 22.6. The van der Waals surface area contributed by atoms with Gasteiger partial charge in [0.1, 0.15) is 6.04 Å². The summed E-state index contributed by atoms with van der Waals surface area (Å²) in [6.07, 6.45) is 1.83. The van der Waals surface area contributed by atoms with E-state index in [1.54, 1.807) is 4.90 Å². The highest BCUT2D eigenvalue weighted by molar-refractivity contribution is 7.91. The summed E-state index contributed by atoms with van der Waals surface area (Å²) < 4.78 is 23.7. The van der Waals surface area contributed by atoms with Gasteiger partial charge in [0.05, 0.1) is 11.5 Å². The van der Waals surface area contributed by atoms with Crippen molar-refractivity contribution in [1.29, 1.82) is 0 Å². The monoisotopic (exact) mass is 448 g/mol. The van der Waals surface area contributed by atoms with Crippen molar-refractivity contribution in [3.05, 3.63) is 35.9 Å². The highest BCUT2D eigenvalue weighted by Gasteiger charge is 2.37. The zero-order valence-electron chi connectivity index (χ0n) is 17.4. The molecular formula is C21H28N4O5S. The molecule has 0 radical (unpaired) electrons. The van der Waals surface area contributed by atoms with Crippen molar-refractivity contribution in [1.82, 2.24) is 20.0 Å². The lowest BCUT2D eigenvalue weighted by atomic mass is 10.0. The van der Waals surface area contributed by atoms with Crippen LogP contribution in [0.15, 0.2) is 30.3 Å². The van der Waals surface area contributed by atoms with Gasteiger partial charge in [0.15, 0.2) is 9.84 Å². The molecule has 0 aromatic heterocycles. The molecule has 1 unspecified atom stereocenters. The molecule has 9 nitrogen and oxygen atoms in total. The maximum Gasteiger partial charge on any atom is 0.312 e. The van der Waals surface area contributed by atoms with Crippen LogP contribution in [0, 0.1) is 0 Å². The molecule has 2 aliphatic heterocycles. The molecule has 168 valence electrons. The van der Waals surface area contributed by atoms with Crippen LogP contribution in [0.5, 0.6) is 0 Å². The molecule has 3 amide bonds. The summed E-state index contributed by atoms with van der Waals surface area (Å²) in [6.45, 7) is 1.92. The molecular weight excluding hydrogens is 420 g/mol. The van der Waals surface area contributed by atoms with Crippen molar-refractivity contribution < 1.29 is 22.8 Å². The minimum absolute atomic E-state index is 0.0436. The van der Waals surface area contributed by atoms with Gasteiger partial charge in [-0.05, 0) is 18.4 Å². The first kappa shape index (κ1) is 21.8. The van der Waals surface area contributed by atoms with Gasteiger partial charge in [-0.3, -0.25) is 19.3 Å². The number of rotatable bonds is 4. The summed E-state index contributed by atoms with van der Waals surface area (Å²) in [5.74, 6) is -1.12. The van der Waals surface area contributed by atoms with E-state index in [0.717, 1.165) is 18.4 Å². The fraction of sp³-hybridized carbons (Fsp3) is 0.571. The third-order valence-electron chi connectivity index (χ3n) is 6.08. The Kier molecular flexibility index (Phi) is 6.29. The highest BCUT2D eigenvalue weighted by Crippen LogP contribution is 2.26. The van der Waals surface area contributed by atoms with Gasteiger partial charge in [-0.25, -0.2) is 8.42 Å². The minimum Gasteiger partial charge on any atom is -0.345 e. The number of amides is 3. The van der Waals surface area contributed by atoms with Crippen molar-refractivity contribution in [3.63, 3.8) is 0 Å². The second-order valence-corrected chi connectivity index (χ2v) is 10.7.